The number of thiophene rings is 1. The van der Waals surface area contributed by atoms with Crippen LogP contribution < -0.4 is 10.1 Å². The number of likely N-dealkylation sites (N-methyl/N-ethyl adjacent to an activating group) is 1. The molecule has 5 nitrogen and oxygen atoms in total. The number of carbonyl (C=O) groups is 1. The molecule has 0 saturated carbocycles. The highest BCUT2D eigenvalue weighted by molar-refractivity contribution is 7.16. The van der Waals surface area contributed by atoms with Gasteiger partial charge in [0, 0.05) is 18.0 Å². The zero-order valence-corrected chi connectivity index (χ0v) is 13.7. The van der Waals surface area contributed by atoms with Gasteiger partial charge in [-0.05, 0) is 31.2 Å². The van der Waals surface area contributed by atoms with Gasteiger partial charge in [0.25, 0.3) is 5.91 Å². The van der Waals surface area contributed by atoms with Crippen LogP contribution in [0.1, 0.15) is 16.0 Å². The predicted molar refractivity (Wildman–Crippen MR) is 89.6 cm³/mol. The molecular formula is C17H17N3O2S. The first-order valence-electron chi connectivity index (χ1n) is 7.38. The Kier molecular flexibility index (Phi) is 4.60. The van der Waals surface area contributed by atoms with Crippen molar-refractivity contribution >= 4 is 22.2 Å². The smallest absolute Gasteiger partial charge is 0.262 e. The summed E-state index contributed by atoms with van der Waals surface area (Å²) >= 11 is 1.49. The third-order valence-corrected chi connectivity index (χ3v) is 4.86. The van der Waals surface area contributed by atoms with Crippen LogP contribution in [0.5, 0.6) is 5.75 Å². The molecule has 0 atom stereocenters. The number of hydrogen-bond donors (Lipinski definition) is 1. The molecule has 0 saturated heterocycles. The van der Waals surface area contributed by atoms with Crippen molar-refractivity contribution in [2.75, 3.05) is 25.5 Å². The zero-order chi connectivity index (χ0) is 16.2. The molecule has 6 heteroatoms. The van der Waals surface area contributed by atoms with Gasteiger partial charge in [-0.25, -0.2) is 0 Å². The number of benzene rings is 1. The number of nitrogens with one attached hydrogen (secondary N) is 1. The molecule has 1 N–H and O–H groups in total. The van der Waals surface area contributed by atoms with Gasteiger partial charge in [-0.2, -0.15) is 5.26 Å². The van der Waals surface area contributed by atoms with Crippen LogP contribution in [0.4, 0.5) is 5.00 Å². The lowest BCUT2D eigenvalue weighted by atomic mass is 10.0. The fraction of sp³-hybridized carbons (Fsp3) is 0.294. The van der Waals surface area contributed by atoms with E-state index in [2.05, 4.69) is 23.3 Å². The van der Waals surface area contributed by atoms with E-state index >= 15 is 0 Å². The van der Waals surface area contributed by atoms with Crippen molar-refractivity contribution in [2.24, 2.45) is 0 Å². The van der Waals surface area contributed by atoms with Crippen molar-refractivity contribution < 1.29 is 9.53 Å². The van der Waals surface area contributed by atoms with Gasteiger partial charge >= 0.3 is 0 Å². The van der Waals surface area contributed by atoms with Crippen LogP contribution in [0.15, 0.2) is 30.3 Å². The molecule has 0 radical (unpaired) electrons. The summed E-state index contributed by atoms with van der Waals surface area (Å²) < 4.78 is 5.43. The molecule has 0 fully saturated rings. The SMILES string of the molecule is CN1CCc2c(sc(NC(=O)COc3ccccc3)c2C#N)C1. The van der Waals surface area contributed by atoms with E-state index in [9.17, 15) is 10.1 Å². The van der Waals surface area contributed by atoms with Crippen LogP contribution in [-0.4, -0.2) is 31.0 Å². The Hall–Kier alpha value is -2.36. The maximum Gasteiger partial charge on any atom is 0.262 e. The van der Waals surface area contributed by atoms with Gasteiger partial charge in [-0.3, -0.25) is 4.79 Å². The molecule has 3 rings (SSSR count). The second kappa shape index (κ2) is 6.82. The fourth-order valence-corrected chi connectivity index (χ4v) is 3.86. The first kappa shape index (κ1) is 15.5. The Morgan fingerprint density at radius 1 is 1.43 bits per heavy atom. The number of hydrogen-bond acceptors (Lipinski definition) is 5. The normalized spacial score (nSPS) is 13.9. The van der Waals surface area contributed by atoms with Crippen LogP contribution in [0.2, 0.25) is 0 Å². The van der Waals surface area contributed by atoms with Crippen LogP contribution in [0.25, 0.3) is 0 Å². The molecule has 23 heavy (non-hydrogen) atoms. The van der Waals surface area contributed by atoms with Crippen LogP contribution in [-0.2, 0) is 17.8 Å². The summed E-state index contributed by atoms with van der Waals surface area (Å²) in [4.78, 5) is 15.5. The second-order valence-corrected chi connectivity index (χ2v) is 6.56. The summed E-state index contributed by atoms with van der Waals surface area (Å²) in [5.41, 5.74) is 1.68. The average molecular weight is 327 g/mol. The van der Waals surface area contributed by atoms with E-state index < -0.39 is 0 Å². The molecule has 0 aliphatic carbocycles. The van der Waals surface area contributed by atoms with E-state index in [4.69, 9.17) is 4.74 Å². The van der Waals surface area contributed by atoms with Gasteiger partial charge in [-0.1, -0.05) is 18.2 Å². The fourth-order valence-electron chi connectivity index (χ4n) is 2.57. The van der Waals surface area contributed by atoms with Crippen molar-refractivity contribution in [3.05, 3.63) is 46.3 Å². The van der Waals surface area contributed by atoms with E-state index in [1.165, 1.54) is 11.3 Å². The third-order valence-electron chi connectivity index (χ3n) is 3.73. The van der Waals surface area contributed by atoms with E-state index in [1.807, 2.05) is 18.2 Å². The highest BCUT2D eigenvalue weighted by atomic mass is 32.1. The van der Waals surface area contributed by atoms with Crippen molar-refractivity contribution in [3.63, 3.8) is 0 Å². The van der Waals surface area contributed by atoms with Crippen molar-refractivity contribution in [2.45, 2.75) is 13.0 Å². The van der Waals surface area contributed by atoms with Crippen molar-refractivity contribution in [3.8, 4) is 11.8 Å². The van der Waals surface area contributed by atoms with Gasteiger partial charge in [0.05, 0.1) is 5.56 Å². The van der Waals surface area contributed by atoms with Gasteiger partial charge < -0.3 is 15.0 Å². The van der Waals surface area contributed by atoms with Crippen LogP contribution in [0, 0.1) is 11.3 Å². The summed E-state index contributed by atoms with van der Waals surface area (Å²) in [6.07, 6.45) is 0.849. The van der Waals surface area contributed by atoms with Gasteiger partial charge in [0.1, 0.15) is 16.8 Å². The number of amides is 1. The van der Waals surface area contributed by atoms with E-state index in [-0.39, 0.29) is 12.5 Å². The number of carbonyl (C=O) groups excluding carboxylic acids is 1. The minimum atomic E-state index is -0.252. The predicted octanol–water partition coefficient (Wildman–Crippen LogP) is 2.63. The standard InChI is InChI=1S/C17H17N3O2S/c1-20-8-7-13-14(9-18)17(23-15(13)10-20)19-16(21)11-22-12-5-3-2-4-6-12/h2-6H,7-8,10-11H2,1H3,(H,19,21). The molecule has 1 aromatic heterocycles. The third kappa shape index (κ3) is 3.52. The highest BCUT2D eigenvalue weighted by Crippen LogP contribution is 2.36. The van der Waals surface area contributed by atoms with Gasteiger partial charge in [0.2, 0.25) is 0 Å². The molecule has 2 aromatic rings. The Bertz CT molecular complexity index is 749. The largest absolute Gasteiger partial charge is 0.484 e. The summed E-state index contributed by atoms with van der Waals surface area (Å²) in [5.74, 6) is 0.396. The average Bonchev–Trinajstić information content (AvgIpc) is 2.89. The first-order chi connectivity index (χ1) is 11.2. The minimum Gasteiger partial charge on any atom is -0.484 e. The molecule has 1 aliphatic heterocycles. The number of ether oxygens (including phenoxy) is 1. The Balaban J connectivity index is 1.68. The lowest BCUT2D eigenvalue weighted by molar-refractivity contribution is -0.118. The second-order valence-electron chi connectivity index (χ2n) is 5.46. The molecule has 118 valence electrons. The number of fused-ring (bicyclic) bond motifs is 1. The zero-order valence-electron chi connectivity index (χ0n) is 12.8. The molecular weight excluding hydrogens is 310 g/mol. The maximum atomic E-state index is 12.1. The quantitative estimate of drug-likeness (QED) is 0.937. The molecule has 1 aromatic carbocycles. The molecule has 0 unspecified atom stereocenters. The Labute approximate surface area is 139 Å². The molecule has 1 amide bonds. The topological polar surface area (TPSA) is 65.4 Å². The Morgan fingerprint density at radius 2 is 2.22 bits per heavy atom. The Morgan fingerprint density at radius 3 is 2.96 bits per heavy atom. The number of nitrogens with zero attached hydrogens (tertiary/aromatic N) is 2. The number of anilines is 1. The minimum absolute atomic E-state index is 0.0721. The first-order valence-corrected chi connectivity index (χ1v) is 8.20. The van der Waals surface area contributed by atoms with Crippen molar-refractivity contribution in [1.82, 2.24) is 4.90 Å². The molecule has 1 aliphatic rings. The lowest BCUT2D eigenvalue weighted by Crippen LogP contribution is -2.25. The molecule has 0 bridgehead atoms. The lowest BCUT2D eigenvalue weighted by Gasteiger charge is -2.21. The van der Waals surface area contributed by atoms with Crippen LogP contribution >= 0.6 is 11.3 Å². The number of rotatable bonds is 4. The summed E-state index contributed by atoms with van der Waals surface area (Å²) in [6, 6.07) is 11.4. The van der Waals surface area contributed by atoms with Crippen molar-refractivity contribution in [1.29, 1.82) is 5.26 Å². The summed E-state index contributed by atoms with van der Waals surface area (Å²) in [5, 5.41) is 12.9. The van der Waals surface area contributed by atoms with Gasteiger partial charge in [0.15, 0.2) is 6.61 Å². The highest BCUT2D eigenvalue weighted by Gasteiger charge is 2.23. The molecule has 2 heterocycles. The number of nitriles is 1. The summed E-state index contributed by atoms with van der Waals surface area (Å²) in [7, 11) is 2.06. The van der Waals surface area contributed by atoms with Crippen LogP contribution in [0.3, 0.4) is 0 Å². The van der Waals surface area contributed by atoms with E-state index in [0.29, 0.717) is 16.3 Å². The summed E-state index contributed by atoms with van der Waals surface area (Å²) in [6.45, 7) is 1.69. The molecule has 0 spiro atoms. The monoisotopic (exact) mass is 327 g/mol. The van der Waals surface area contributed by atoms with Gasteiger partial charge in [-0.15, -0.1) is 11.3 Å². The maximum absolute atomic E-state index is 12.1. The van der Waals surface area contributed by atoms with E-state index in [0.717, 1.165) is 30.0 Å². The number of para-hydroxylation sites is 1. The van der Waals surface area contributed by atoms with E-state index in [1.54, 1.807) is 12.1 Å².